The fourth-order valence-corrected chi connectivity index (χ4v) is 6.79. The summed E-state index contributed by atoms with van der Waals surface area (Å²) in [7, 11) is -2.98. The van der Waals surface area contributed by atoms with E-state index in [1.54, 1.807) is 0 Å². The lowest BCUT2D eigenvalue weighted by Gasteiger charge is -2.41. The quantitative estimate of drug-likeness (QED) is 0.283. The zero-order valence-corrected chi connectivity index (χ0v) is 22.6. The molecule has 0 spiro atoms. The minimum absolute atomic E-state index is 0.0741. The predicted octanol–water partition coefficient (Wildman–Crippen LogP) is 4.19. The molecule has 1 aliphatic carbocycles. The van der Waals surface area contributed by atoms with E-state index in [1.165, 1.54) is 0 Å². The predicted molar refractivity (Wildman–Crippen MR) is 150 cm³/mol. The number of nitrogens with one attached hydrogen (secondary N) is 2. The van der Waals surface area contributed by atoms with Crippen molar-refractivity contribution in [2.24, 2.45) is 0 Å². The summed E-state index contributed by atoms with van der Waals surface area (Å²) in [4.78, 5) is 12.0. The lowest BCUT2D eigenvalue weighted by atomic mass is 10.1. The molecule has 1 atom stereocenters. The third-order valence-electron chi connectivity index (χ3n) is 6.69. The lowest BCUT2D eigenvalue weighted by Crippen LogP contribution is -2.44. The first kappa shape index (κ1) is 27.0. The number of ether oxygens (including phenoxy) is 1. The number of benzene rings is 1. The van der Waals surface area contributed by atoms with Gasteiger partial charge >= 0.3 is 0 Å². The number of aliphatic hydroxyl groups excluding tert-OH is 1. The maximum atomic E-state index is 11.1. The highest BCUT2D eigenvalue weighted by Crippen LogP contribution is 2.71. The third kappa shape index (κ3) is 5.92. The molecular formula is C25H37N5O4S2. The van der Waals surface area contributed by atoms with Gasteiger partial charge in [0.15, 0.2) is 10.9 Å². The molecule has 1 aliphatic heterocycles. The molecule has 2 aromatic rings. The van der Waals surface area contributed by atoms with Crippen molar-refractivity contribution in [1.82, 2.24) is 15.3 Å². The number of morpholine rings is 1. The van der Waals surface area contributed by atoms with E-state index in [0.717, 1.165) is 30.0 Å². The second kappa shape index (κ2) is 11.6. The van der Waals surface area contributed by atoms with E-state index < -0.39 is 15.3 Å². The van der Waals surface area contributed by atoms with Gasteiger partial charge in [0.05, 0.1) is 24.9 Å². The summed E-state index contributed by atoms with van der Waals surface area (Å²) >= 11 is 5.33. The van der Waals surface area contributed by atoms with Crippen LogP contribution < -0.4 is 15.5 Å². The van der Waals surface area contributed by atoms with Crippen LogP contribution in [-0.4, -0.2) is 74.0 Å². The molecule has 9 nitrogen and oxygen atoms in total. The van der Waals surface area contributed by atoms with Gasteiger partial charge in [0.2, 0.25) is 0 Å². The van der Waals surface area contributed by atoms with E-state index in [0.29, 0.717) is 55.7 Å². The van der Waals surface area contributed by atoms with Gasteiger partial charge in [-0.15, -0.1) is 0 Å². The van der Waals surface area contributed by atoms with Crippen LogP contribution in [0.5, 0.6) is 0 Å². The summed E-state index contributed by atoms with van der Waals surface area (Å²) in [5, 5.41) is 16.2. The Balaban J connectivity index is 1.67. The summed E-state index contributed by atoms with van der Waals surface area (Å²) in [6.45, 7) is 6.85. The highest BCUT2D eigenvalue weighted by Gasteiger charge is 2.56. The molecule has 11 heteroatoms. The van der Waals surface area contributed by atoms with Crippen LogP contribution in [0, 0.1) is 0 Å². The average molecular weight is 536 g/mol. The monoisotopic (exact) mass is 535 g/mol. The average Bonchev–Trinajstić information content (AvgIpc) is 3.70. The molecule has 2 aliphatic rings. The van der Waals surface area contributed by atoms with Gasteiger partial charge in [0, 0.05) is 42.8 Å². The SMILES string of the molecule is CCCNC(=S)Nc1ccc(-c2nc(N3CCOC[C@@H]3C)cc(C3(S(O)(O)CCCO)CC3)n2)cc1. The number of aliphatic hydroxyl groups is 1. The third-order valence-corrected chi connectivity index (χ3v) is 9.67. The van der Waals surface area contributed by atoms with Crippen molar-refractivity contribution in [3.05, 3.63) is 36.0 Å². The molecule has 5 N–H and O–H groups in total. The maximum absolute atomic E-state index is 11.1. The van der Waals surface area contributed by atoms with E-state index in [2.05, 4.69) is 29.4 Å². The number of rotatable bonds is 10. The first-order chi connectivity index (χ1) is 17.3. The summed E-state index contributed by atoms with van der Waals surface area (Å²) in [5.74, 6) is 1.47. The van der Waals surface area contributed by atoms with Gasteiger partial charge < -0.3 is 25.4 Å². The van der Waals surface area contributed by atoms with Gasteiger partial charge in [-0.25, -0.2) is 9.97 Å². The van der Waals surface area contributed by atoms with Crippen molar-refractivity contribution in [1.29, 1.82) is 0 Å². The summed E-state index contributed by atoms with van der Waals surface area (Å²) in [5.41, 5.74) is 2.35. The van der Waals surface area contributed by atoms with Crippen molar-refractivity contribution < 1.29 is 18.9 Å². The van der Waals surface area contributed by atoms with Crippen LogP contribution >= 0.6 is 22.8 Å². The normalized spacial score (nSPS) is 19.6. The van der Waals surface area contributed by atoms with E-state index in [-0.39, 0.29) is 18.4 Å². The maximum Gasteiger partial charge on any atom is 0.170 e. The molecule has 2 heterocycles. The van der Waals surface area contributed by atoms with Crippen LogP contribution in [0.2, 0.25) is 0 Å². The molecule has 1 aromatic heterocycles. The minimum atomic E-state index is -2.98. The molecule has 2 fully saturated rings. The van der Waals surface area contributed by atoms with E-state index in [1.807, 2.05) is 30.3 Å². The van der Waals surface area contributed by atoms with Gasteiger partial charge in [0.1, 0.15) is 10.6 Å². The van der Waals surface area contributed by atoms with E-state index in [9.17, 15) is 14.2 Å². The molecular weight excluding hydrogens is 498 g/mol. The smallest absolute Gasteiger partial charge is 0.170 e. The second-order valence-corrected chi connectivity index (χ2v) is 12.4. The first-order valence-corrected chi connectivity index (χ1v) is 14.7. The molecule has 1 aromatic carbocycles. The van der Waals surface area contributed by atoms with Crippen molar-refractivity contribution in [3.8, 4) is 11.4 Å². The Bertz CT molecular complexity index is 1050. The zero-order chi connectivity index (χ0) is 25.8. The molecule has 0 bridgehead atoms. The van der Waals surface area contributed by atoms with Gasteiger partial charge in [-0.05, 0) is 69.1 Å². The number of hydrogen-bond acceptors (Lipinski definition) is 8. The summed E-state index contributed by atoms with van der Waals surface area (Å²) in [6.07, 6.45) is 2.64. The Kier molecular flexibility index (Phi) is 8.69. The number of thiocarbonyl (C=S) groups is 1. The van der Waals surface area contributed by atoms with Crippen LogP contribution in [0.15, 0.2) is 30.3 Å². The standard InChI is InChI=1S/C25H37N5O4S2/c1-3-11-26-24(35)27-20-7-5-19(6-8-20)23-28-21(25(9-10-25)36(32,33)15-4-13-31)16-22(29-23)30-12-14-34-17-18(30)2/h5-8,16,18,31-33H,3-4,9-15,17H2,1-2H3,(H2,26,27,35)/t18-/m0/s1. The van der Waals surface area contributed by atoms with Gasteiger partial charge in [0.25, 0.3) is 0 Å². The molecule has 1 saturated carbocycles. The fourth-order valence-electron chi connectivity index (χ4n) is 4.45. The zero-order valence-electron chi connectivity index (χ0n) is 20.9. The van der Waals surface area contributed by atoms with Crippen molar-refractivity contribution >= 4 is 39.4 Å². The number of aromatic nitrogens is 2. The molecule has 0 amide bonds. The number of hydrogen-bond donors (Lipinski definition) is 5. The molecule has 0 radical (unpaired) electrons. The Hall–Kier alpha value is -2.02. The number of nitrogens with zero attached hydrogens (tertiary/aromatic N) is 3. The highest BCUT2D eigenvalue weighted by atomic mass is 32.3. The van der Waals surface area contributed by atoms with Crippen molar-refractivity contribution in [2.45, 2.75) is 50.3 Å². The topological polar surface area (TPSA) is 123 Å². The highest BCUT2D eigenvalue weighted by molar-refractivity contribution is 8.25. The van der Waals surface area contributed by atoms with Crippen molar-refractivity contribution in [2.75, 3.05) is 48.9 Å². The van der Waals surface area contributed by atoms with Crippen LogP contribution in [0.1, 0.15) is 45.2 Å². The van der Waals surface area contributed by atoms with E-state index in [4.69, 9.17) is 26.9 Å². The van der Waals surface area contributed by atoms with Crippen molar-refractivity contribution in [3.63, 3.8) is 0 Å². The fraction of sp³-hybridized carbons (Fsp3) is 0.560. The Morgan fingerprint density at radius 1 is 1.25 bits per heavy atom. The largest absolute Gasteiger partial charge is 0.396 e. The van der Waals surface area contributed by atoms with Gasteiger partial charge in [-0.3, -0.25) is 9.11 Å². The molecule has 36 heavy (non-hydrogen) atoms. The molecule has 0 unspecified atom stereocenters. The lowest BCUT2D eigenvalue weighted by molar-refractivity contribution is 0.0985. The molecule has 198 valence electrons. The molecule has 1 saturated heterocycles. The Labute approximate surface area is 220 Å². The first-order valence-electron chi connectivity index (χ1n) is 12.6. The molecule has 4 rings (SSSR count). The van der Waals surface area contributed by atoms with Crippen LogP contribution in [0.25, 0.3) is 11.4 Å². The van der Waals surface area contributed by atoms with Gasteiger partial charge in [-0.2, -0.15) is 10.6 Å². The number of anilines is 2. The van der Waals surface area contributed by atoms with Crippen LogP contribution in [0.3, 0.4) is 0 Å². The van der Waals surface area contributed by atoms with E-state index >= 15 is 0 Å². The van der Waals surface area contributed by atoms with Crippen LogP contribution in [0.4, 0.5) is 11.5 Å². The minimum Gasteiger partial charge on any atom is -0.396 e. The van der Waals surface area contributed by atoms with Gasteiger partial charge in [-0.1, -0.05) is 6.92 Å². The summed E-state index contributed by atoms with van der Waals surface area (Å²) in [6, 6.07) is 9.81. The summed E-state index contributed by atoms with van der Waals surface area (Å²) < 4.78 is 27.0. The Morgan fingerprint density at radius 3 is 2.64 bits per heavy atom. The van der Waals surface area contributed by atoms with Crippen LogP contribution in [-0.2, 0) is 9.48 Å². The second-order valence-electron chi connectivity index (χ2n) is 9.45. The Morgan fingerprint density at radius 2 is 2.00 bits per heavy atom.